The standard InChI is InChI=1S/C72H130O6/c1-4-7-10-13-16-19-22-25-27-28-29-30-31-32-33-34-35-36-37-38-39-40-41-42-43-44-46-47-50-53-56-59-62-65-71(74)77-68-69(67-76-70(73)64-61-58-55-52-49-24-21-18-15-12-9-6-3)78-72(75)66-63-60-57-54-51-48-45-26-23-20-17-14-11-8-5-2/h8,11,17-18,20-21,26,28-29,45,69H,4-7,9-10,12-16,19,22-25,27,30-44,46-68H2,1-3H3/b11-8-,20-17-,21-18-,29-28-,45-26-. The van der Waals surface area contributed by atoms with E-state index in [1.54, 1.807) is 0 Å². The molecule has 0 saturated heterocycles. The van der Waals surface area contributed by atoms with Crippen LogP contribution in [0.1, 0.15) is 361 Å². The van der Waals surface area contributed by atoms with Gasteiger partial charge in [-0.1, -0.05) is 300 Å². The quantitative estimate of drug-likeness (QED) is 0.0261. The first-order chi connectivity index (χ1) is 38.5. The first-order valence-electron chi connectivity index (χ1n) is 34.3. The molecule has 0 saturated carbocycles. The van der Waals surface area contributed by atoms with Crippen LogP contribution >= 0.6 is 0 Å². The fraction of sp³-hybridized carbons (Fsp3) is 0.819. The molecular formula is C72H130O6. The van der Waals surface area contributed by atoms with E-state index in [4.69, 9.17) is 14.2 Å². The lowest BCUT2D eigenvalue weighted by Crippen LogP contribution is -2.30. The molecule has 78 heavy (non-hydrogen) atoms. The van der Waals surface area contributed by atoms with Crippen LogP contribution in [0.15, 0.2) is 60.8 Å². The van der Waals surface area contributed by atoms with Crippen LogP contribution in [0.3, 0.4) is 0 Å². The molecule has 0 radical (unpaired) electrons. The zero-order valence-corrected chi connectivity index (χ0v) is 52.2. The van der Waals surface area contributed by atoms with Crippen LogP contribution in [-0.4, -0.2) is 37.2 Å². The third kappa shape index (κ3) is 63.9. The maximum atomic E-state index is 12.9. The van der Waals surface area contributed by atoms with Crippen molar-refractivity contribution in [2.75, 3.05) is 13.2 Å². The van der Waals surface area contributed by atoms with Gasteiger partial charge in [-0.25, -0.2) is 0 Å². The van der Waals surface area contributed by atoms with Crippen molar-refractivity contribution < 1.29 is 28.6 Å². The van der Waals surface area contributed by atoms with Gasteiger partial charge in [0.05, 0.1) is 0 Å². The van der Waals surface area contributed by atoms with Crippen molar-refractivity contribution in [3.63, 3.8) is 0 Å². The molecule has 0 aromatic rings. The normalized spacial score (nSPS) is 12.4. The van der Waals surface area contributed by atoms with Crippen LogP contribution in [0.25, 0.3) is 0 Å². The number of allylic oxidation sites excluding steroid dienone is 10. The van der Waals surface area contributed by atoms with E-state index in [1.165, 1.54) is 218 Å². The summed E-state index contributed by atoms with van der Waals surface area (Å²) in [5.74, 6) is -0.891. The number of hydrogen-bond donors (Lipinski definition) is 0. The van der Waals surface area contributed by atoms with Crippen molar-refractivity contribution in [3.8, 4) is 0 Å². The lowest BCUT2D eigenvalue weighted by Gasteiger charge is -2.18. The highest BCUT2D eigenvalue weighted by atomic mass is 16.6. The number of esters is 3. The van der Waals surface area contributed by atoms with Gasteiger partial charge in [0.25, 0.3) is 0 Å². The molecule has 0 amide bonds. The predicted octanol–water partition coefficient (Wildman–Crippen LogP) is 23.5. The van der Waals surface area contributed by atoms with Crippen LogP contribution in [-0.2, 0) is 28.6 Å². The number of ether oxygens (including phenoxy) is 3. The Kier molecular flexibility index (Phi) is 64.2. The molecule has 6 heteroatoms. The molecule has 0 spiro atoms. The van der Waals surface area contributed by atoms with Gasteiger partial charge in [0.2, 0.25) is 0 Å². The van der Waals surface area contributed by atoms with E-state index in [1.807, 2.05) is 0 Å². The summed E-state index contributed by atoms with van der Waals surface area (Å²) in [7, 11) is 0. The molecule has 0 aliphatic rings. The number of hydrogen-bond acceptors (Lipinski definition) is 6. The van der Waals surface area contributed by atoms with E-state index < -0.39 is 6.10 Å². The Morgan fingerprint density at radius 1 is 0.269 bits per heavy atom. The number of carbonyl (C=O) groups is 3. The van der Waals surface area contributed by atoms with Crippen molar-refractivity contribution in [1.82, 2.24) is 0 Å². The van der Waals surface area contributed by atoms with Gasteiger partial charge in [-0.3, -0.25) is 14.4 Å². The molecule has 0 aliphatic carbocycles. The lowest BCUT2D eigenvalue weighted by molar-refractivity contribution is -0.167. The van der Waals surface area contributed by atoms with Crippen molar-refractivity contribution in [2.45, 2.75) is 367 Å². The maximum absolute atomic E-state index is 12.9. The number of unbranched alkanes of at least 4 members (excludes halogenated alkanes) is 42. The second-order valence-electron chi connectivity index (χ2n) is 23.1. The monoisotopic (exact) mass is 1090 g/mol. The maximum Gasteiger partial charge on any atom is 0.306 e. The molecule has 0 aromatic carbocycles. The first-order valence-corrected chi connectivity index (χ1v) is 34.3. The van der Waals surface area contributed by atoms with E-state index in [0.29, 0.717) is 19.3 Å². The molecule has 0 bridgehead atoms. The third-order valence-electron chi connectivity index (χ3n) is 15.2. The van der Waals surface area contributed by atoms with Gasteiger partial charge < -0.3 is 14.2 Å². The van der Waals surface area contributed by atoms with Crippen LogP contribution in [0.5, 0.6) is 0 Å². The Morgan fingerprint density at radius 3 is 0.821 bits per heavy atom. The largest absolute Gasteiger partial charge is 0.462 e. The van der Waals surface area contributed by atoms with Crippen LogP contribution in [0.2, 0.25) is 0 Å². The van der Waals surface area contributed by atoms with Crippen molar-refractivity contribution in [2.24, 2.45) is 0 Å². The second kappa shape index (κ2) is 66.6. The Hall–Kier alpha value is -2.89. The summed E-state index contributed by atoms with van der Waals surface area (Å²) in [5.41, 5.74) is 0. The fourth-order valence-corrected chi connectivity index (χ4v) is 10.1. The summed E-state index contributed by atoms with van der Waals surface area (Å²) < 4.78 is 16.9. The molecule has 0 N–H and O–H groups in total. The summed E-state index contributed by atoms with van der Waals surface area (Å²) in [5, 5.41) is 0. The SMILES string of the molecule is CC/C=C\C/C=C\C/C=C\CCCCCCCC(=O)OC(COC(=O)CCCCCCC/C=C\CCCCC)COC(=O)CCCCCCCCCCCCCCCCCCCCCCC/C=C\CCCCCCCCCC. The molecule has 1 atom stereocenters. The Balaban J connectivity index is 4.08. The molecule has 1 unspecified atom stereocenters. The minimum absolute atomic E-state index is 0.0809. The van der Waals surface area contributed by atoms with Gasteiger partial charge in [-0.2, -0.15) is 0 Å². The first kappa shape index (κ1) is 75.1. The smallest absolute Gasteiger partial charge is 0.306 e. The predicted molar refractivity (Wildman–Crippen MR) is 339 cm³/mol. The summed E-state index contributed by atoms with van der Waals surface area (Å²) in [6.07, 6.45) is 85.6. The average Bonchev–Trinajstić information content (AvgIpc) is 3.44. The third-order valence-corrected chi connectivity index (χ3v) is 15.2. The van der Waals surface area contributed by atoms with Gasteiger partial charge in [-0.15, -0.1) is 0 Å². The van der Waals surface area contributed by atoms with E-state index in [-0.39, 0.29) is 31.1 Å². The van der Waals surface area contributed by atoms with Gasteiger partial charge >= 0.3 is 17.9 Å². The van der Waals surface area contributed by atoms with E-state index in [2.05, 4.69) is 81.5 Å². The minimum atomic E-state index is -0.786. The minimum Gasteiger partial charge on any atom is -0.462 e. The molecule has 0 fully saturated rings. The van der Waals surface area contributed by atoms with Crippen molar-refractivity contribution >= 4 is 17.9 Å². The van der Waals surface area contributed by atoms with E-state index >= 15 is 0 Å². The molecule has 6 nitrogen and oxygen atoms in total. The molecule has 0 rings (SSSR count). The van der Waals surface area contributed by atoms with Gasteiger partial charge in [0.1, 0.15) is 13.2 Å². The summed E-state index contributed by atoms with van der Waals surface area (Å²) in [4.78, 5) is 38.2. The van der Waals surface area contributed by atoms with Crippen LogP contribution in [0, 0.1) is 0 Å². The summed E-state index contributed by atoms with van der Waals surface area (Å²) in [6, 6.07) is 0. The molecule has 0 aromatic heterocycles. The number of carbonyl (C=O) groups excluding carboxylic acids is 3. The van der Waals surface area contributed by atoms with E-state index in [0.717, 1.165) is 103 Å². The van der Waals surface area contributed by atoms with Gasteiger partial charge in [-0.05, 0) is 103 Å². The zero-order chi connectivity index (χ0) is 56.4. The van der Waals surface area contributed by atoms with Crippen molar-refractivity contribution in [3.05, 3.63) is 60.8 Å². The molecular weight excluding hydrogens is 961 g/mol. The van der Waals surface area contributed by atoms with E-state index in [9.17, 15) is 14.4 Å². The molecule has 0 heterocycles. The Labute approximate surface area is 485 Å². The fourth-order valence-electron chi connectivity index (χ4n) is 10.1. The molecule has 0 aliphatic heterocycles. The highest BCUT2D eigenvalue weighted by Gasteiger charge is 2.19. The van der Waals surface area contributed by atoms with Crippen LogP contribution in [0.4, 0.5) is 0 Å². The molecule has 454 valence electrons. The van der Waals surface area contributed by atoms with Gasteiger partial charge in [0, 0.05) is 19.3 Å². The number of rotatable bonds is 63. The average molecular weight is 1090 g/mol. The summed E-state index contributed by atoms with van der Waals surface area (Å²) in [6.45, 7) is 6.52. The topological polar surface area (TPSA) is 78.9 Å². The lowest BCUT2D eigenvalue weighted by atomic mass is 10.0. The Morgan fingerprint density at radius 2 is 0.500 bits per heavy atom. The highest BCUT2D eigenvalue weighted by Crippen LogP contribution is 2.18. The van der Waals surface area contributed by atoms with Crippen molar-refractivity contribution in [1.29, 1.82) is 0 Å². The second-order valence-corrected chi connectivity index (χ2v) is 23.1. The Bertz CT molecular complexity index is 1390. The van der Waals surface area contributed by atoms with Crippen LogP contribution < -0.4 is 0 Å². The zero-order valence-electron chi connectivity index (χ0n) is 52.2. The highest BCUT2D eigenvalue weighted by molar-refractivity contribution is 5.71. The van der Waals surface area contributed by atoms with Gasteiger partial charge in [0.15, 0.2) is 6.10 Å². The summed E-state index contributed by atoms with van der Waals surface area (Å²) >= 11 is 0.